The summed E-state index contributed by atoms with van der Waals surface area (Å²) in [5.74, 6) is 0.547. The largest absolute Gasteiger partial charge is 0.497 e. The number of hydrogen-bond donors (Lipinski definition) is 2. The van der Waals surface area contributed by atoms with Crippen molar-refractivity contribution in [3.8, 4) is 17.2 Å². The van der Waals surface area contributed by atoms with Crippen molar-refractivity contribution in [3.63, 3.8) is 0 Å². The number of amides is 3. The molecule has 0 radical (unpaired) electrons. The van der Waals surface area contributed by atoms with Crippen LogP contribution < -0.4 is 30.0 Å². The first-order valence-corrected chi connectivity index (χ1v) is 9.42. The van der Waals surface area contributed by atoms with Gasteiger partial charge in [0.1, 0.15) is 23.3 Å². The number of ether oxygens (including phenoxy) is 3. The third-order valence-corrected chi connectivity index (χ3v) is 4.37. The van der Waals surface area contributed by atoms with Gasteiger partial charge in [-0.15, -0.1) is 0 Å². The quantitative estimate of drug-likeness (QED) is 0.473. The van der Waals surface area contributed by atoms with Crippen molar-refractivity contribution >= 4 is 23.4 Å². The average Bonchev–Trinajstić information content (AvgIpc) is 3.05. The van der Waals surface area contributed by atoms with Crippen LogP contribution in [0.25, 0.3) is 0 Å². The molecular formula is C21H23N3O6. The zero-order valence-electron chi connectivity index (χ0n) is 16.7. The van der Waals surface area contributed by atoms with Crippen molar-refractivity contribution in [2.45, 2.75) is 19.4 Å². The Morgan fingerprint density at radius 3 is 2.23 bits per heavy atom. The highest BCUT2D eigenvalue weighted by Crippen LogP contribution is 2.25. The first kappa shape index (κ1) is 21.1. The molecule has 1 atom stereocenters. The number of nitrogens with one attached hydrogen (secondary N) is 2. The van der Waals surface area contributed by atoms with E-state index in [0.29, 0.717) is 29.5 Å². The van der Waals surface area contributed by atoms with Gasteiger partial charge in [0.25, 0.3) is 11.8 Å². The first-order chi connectivity index (χ1) is 14.5. The highest BCUT2D eigenvalue weighted by molar-refractivity contribution is 6.22. The van der Waals surface area contributed by atoms with Crippen LogP contribution in [0, 0.1) is 0 Å². The van der Waals surface area contributed by atoms with Gasteiger partial charge in [0.2, 0.25) is 5.91 Å². The van der Waals surface area contributed by atoms with Crippen LogP contribution >= 0.6 is 0 Å². The molecule has 2 aromatic carbocycles. The molecule has 2 aromatic rings. The van der Waals surface area contributed by atoms with Gasteiger partial charge < -0.3 is 14.2 Å². The van der Waals surface area contributed by atoms with E-state index in [9.17, 15) is 14.4 Å². The molecule has 0 saturated carbocycles. The molecule has 2 N–H and O–H groups in total. The van der Waals surface area contributed by atoms with Gasteiger partial charge in [-0.1, -0.05) is 0 Å². The molecule has 158 valence electrons. The van der Waals surface area contributed by atoms with Gasteiger partial charge in [-0.2, -0.15) is 0 Å². The van der Waals surface area contributed by atoms with Crippen LogP contribution in [0.15, 0.2) is 48.5 Å². The maximum Gasteiger partial charge on any atom is 0.272 e. The SMILES string of the molecule is CCOc1ccc(N2C(=O)CC(NNC(=O)COc3ccc(OC)cc3)C2=O)cc1. The van der Waals surface area contributed by atoms with Gasteiger partial charge in [0, 0.05) is 0 Å². The van der Waals surface area contributed by atoms with Crippen molar-refractivity contribution < 1.29 is 28.6 Å². The second-order valence-corrected chi connectivity index (χ2v) is 6.41. The van der Waals surface area contributed by atoms with E-state index < -0.39 is 17.9 Å². The van der Waals surface area contributed by atoms with Crippen LogP contribution in [0.4, 0.5) is 5.69 Å². The first-order valence-electron chi connectivity index (χ1n) is 9.42. The van der Waals surface area contributed by atoms with Crippen molar-refractivity contribution in [2.75, 3.05) is 25.2 Å². The molecular weight excluding hydrogens is 390 g/mol. The fourth-order valence-electron chi connectivity index (χ4n) is 2.90. The van der Waals surface area contributed by atoms with Gasteiger partial charge in [0.05, 0.1) is 25.8 Å². The molecule has 1 saturated heterocycles. The van der Waals surface area contributed by atoms with Gasteiger partial charge >= 0.3 is 0 Å². The monoisotopic (exact) mass is 413 g/mol. The molecule has 1 aliphatic rings. The standard InChI is InChI=1S/C21H23N3O6/c1-3-29-16-6-4-14(5-7-16)24-20(26)12-18(21(24)27)22-23-19(25)13-30-17-10-8-15(28-2)9-11-17/h4-11,18,22H,3,12-13H2,1-2H3,(H,23,25). The summed E-state index contributed by atoms with van der Waals surface area (Å²) in [5.41, 5.74) is 5.47. The van der Waals surface area contributed by atoms with E-state index in [1.54, 1.807) is 55.6 Å². The van der Waals surface area contributed by atoms with E-state index in [1.807, 2.05) is 6.92 Å². The number of hydrogen-bond acceptors (Lipinski definition) is 7. The van der Waals surface area contributed by atoms with Gasteiger partial charge in [0.15, 0.2) is 6.61 Å². The molecule has 9 nitrogen and oxygen atoms in total. The fraction of sp³-hybridized carbons (Fsp3) is 0.286. The summed E-state index contributed by atoms with van der Waals surface area (Å²) in [6.07, 6.45) is -0.0638. The second-order valence-electron chi connectivity index (χ2n) is 6.41. The third-order valence-electron chi connectivity index (χ3n) is 4.37. The van der Waals surface area contributed by atoms with Crippen molar-refractivity contribution in [1.82, 2.24) is 10.9 Å². The molecule has 1 fully saturated rings. The number of carbonyl (C=O) groups excluding carboxylic acids is 3. The van der Waals surface area contributed by atoms with E-state index in [-0.39, 0.29) is 18.9 Å². The summed E-state index contributed by atoms with van der Waals surface area (Å²) in [5, 5.41) is 0. The Kier molecular flexibility index (Phi) is 6.87. The Bertz CT molecular complexity index is 898. The van der Waals surface area contributed by atoms with Gasteiger partial charge in [-0.05, 0) is 55.5 Å². The van der Waals surface area contributed by atoms with Crippen LogP contribution in [0.5, 0.6) is 17.2 Å². The summed E-state index contributed by atoms with van der Waals surface area (Å²) < 4.78 is 15.8. The average molecular weight is 413 g/mol. The van der Waals surface area contributed by atoms with Crippen LogP contribution in [0.2, 0.25) is 0 Å². The smallest absolute Gasteiger partial charge is 0.272 e. The maximum atomic E-state index is 12.6. The summed E-state index contributed by atoms with van der Waals surface area (Å²) >= 11 is 0. The number of methoxy groups -OCH3 is 1. The summed E-state index contributed by atoms with van der Waals surface area (Å²) in [4.78, 5) is 38.0. The zero-order valence-corrected chi connectivity index (χ0v) is 16.7. The Balaban J connectivity index is 1.50. The minimum Gasteiger partial charge on any atom is -0.497 e. The predicted octanol–water partition coefficient (Wildman–Crippen LogP) is 1.43. The van der Waals surface area contributed by atoms with Gasteiger partial charge in [-0.3, -0.25) is 19.8 Å². The lowest BCUT2D eigenvalue weighted by Crippen LogP contribution is -2.49. The molecule has 0 aliphatic carbocycles. The van der Waals surface area contributed by atoms with Crippen molar-refractivity contribution in [3.05, 3.63) is 48.5 Å². The molecule has 30 heavy (non-hydrogen) atoms. The summed E-state index contributed by atoms with van der Waals surface area (Å²) in [6, 6.07) is 12.6. The molecule has 3 amide bonds. The normalized spacial score (nSPS) is 15.8. The predicted molar refractivity (Wildman–Crippen MR) is 108 cm³/mol. The van der Waals surface area contributed by atoms with Crippen LogP contribution in [0.1, 0.15) is 13.3 Å². The number of hydrazine groups is 1. The van der Waals surface area contributed by atoms with E-state index in [4.69, 9.17) is 14.2 Å². The lowest BCUT2D eigenvalue weighted by molar-refractivity contribution is -0.125. The molecule has 1 aliphatic heterocycles. The van der Waals surface area contributed by atoms with Crippen LogP contribution in [0.3, 0.4) is 0 Å². The molecule has 1 unspecified atom stereocenters. The number of carbonyl (C=O) groups is 3. The van der Waals surface area contributed by atoms with Gasteiger partial charge in [-0.25, -0.2) is 10.3 Å². The Morgan fingerprint density at radius 2 is 1.60 bits per heavy atom. The van der Waals surface area contributed by atoms with Crippen LogP contribution in [-0.4, -0.2) is 44.1 Å². The third kappa shape index (κ3) is 5.06. The van der Waals surface area contributed by atoms with E-state index in [1.165, 1.54) is 0 Å². The minimum atomic E-state index is -0.853. The number of nitrogens with zero attached hydrogens (tertiary/aromatic N) is 1. The summed E-state index contributed by atoms with van der Waals surface area (Å²) in [6.45, 7) is 2.14. The number of rotatable bonds is 9. The number of benzene rings is 2. The topological polar surface area (TPSA) is 106 Å². The molecule has 9 heteroatoms. The molecule has 0 bridgehead atoms. The Labute approximate surface area is 173 Å². The number of imide groups is 1. The van der Waals surface area contributed by atoms with Crippen LogP contribution in [-0.2, 0) is 14.4 Å². The van der Waals surface area contributed by atoms with Crippen molar-refractivity contribution in [2.24, 2.45) is 0 Å². The minimum absolute atomic E-state index is 0.0638. The highest BCUT2D eigenvalue weighted by atomic mass is 16.5. The van der Waals surface area contributed by atoms with E-state index in [0.717, 1.165) is 4.90 Å². The fourth-order valence-corrected chi connectivity index (χ4v) is 2.90. The highest BCUT2D eigenvalue weighted by Gasteiger charge is 2.39. The molecule has 0 spiro atoms. The molecule has 1 heterocycles. The maximum absolute atomic E-state index is 12.6. The molecule has 0 aromatic heterocycles. The van der Waals surface area contributed by atoms with Crippen molar-refractivity contribution in [1.29, 1.82) is 0 Å². The summed E-state index contributed by atoms with van der Waals surface area (Å²) in [7, 11) is 1.56. The van der Waals surface area contributed by atoms with E-state index >= 15 is 0 Å². The zero-order chi connectivity index (χ0) is 21.5. The number of anilines is 1. The lowest BCUT2D eigenvalue weighted by Gasteiger charge is -2.16. The Hall–Kier alpha value is -3.59. The second kappa shape index (κ2) is 9.75. The van der Waals surface area contributed by atoms with E-state index in [2.05, 4.69) is 10.9 Å². The lowest BCUT2D eigenvalue weighted by atomic mass is 10.2. The Morgan fingerprint density at radius 1 is 1.00 bits per heavy atom. The molecule has 3 rings (SSSR count).